The number of amides is 1. The van der Waals surface area contributed by atoms with Crippen LogP contribution in [0.1, 0.15) is 10.4 Å². The van der Waals surface area contributed by atoms with E-state index in [0.29, 0.717) is 4.90 Å². The summed E-state index contributed by atoms with van der Waals surface area (Å²) in [6, 6.07) is 4.24. The molecule has 1 rings (SSSR count). The summed E-state index contributed by atoms with van der Waals surface area (Å²) in [4.78, 5) is 11.2. The molecule has 68 valence electrons. The first-order chi connectivity index (χ1) is 6.02. The molecule has 0 unspecified atom stereocenters. The molecule has 4 N–H and O–H groups in total. The topological polar surface area (TPSA) is 83.6 Å². The van der Waals surface area contributed by atoms with Crippen LogP contribution in [0.3, 0.4) is 0 Å². The monoisotopic (exact) mass is 197 g/mol. The van der Waals surface area contributed by atoms with Gasteiger partial charge in [0.05, 0.1) is 5.56 Å². The van der Waals surface area contributed by atoms with Gasteiger partial charge in [-0.3, -0.25) is 4.79 Å². The highest BCUT2D eigenvalue weighted by molar-refractivity contribution is 7.80. The van der Waals surface area contributed by atoms with Crippen molar-refractivity contribution in [1.29, 1.82) is 0 Å². The molecule has 0 heterocycles. The summed E-state index contributed by atoms with van der Waals surface area (Å²) in [6.45, 7) is 0. The van der Waals surface area contributed by atoms with E-state index in [9.17, 15) is 4.79 Å². The summed E-state index contributed by atoms with van der Waals surface area (Å²) in [5, 5.41) is 17.6. The first-order valence-corrected chi connectivity index (χ1v) is 3.96. The Morgan fingerprint density at radius 3 is 2.54 bits per heavy atom. The second kappa shape index (κ2) is 3.82. The predicted octanol–water partition coefficient (Wildman–Crippen LogP) is -1.25. The van der Waals surface area contributed by atoms with Crippen LogP contribution in [0.25, 0.3) is 0 Å². The third-order valence-electron chi connectivity index (χ3n) is 1.58. The summed E-state index contributed by atoms with van der Waals surface area (Å²) in [6.07, 6.45) is 0. The molecule has 0 saturated carbocycles. The zero-order valence-corrected chi connectivity index (χ0v) is 7.53. The second-order valence-corrected chi connectivity index (χ2v) is 3.00. The number of carbonyl (C=O) groups is 1. The van der Waals surface area contributed by atoms with Gasteiger partial charge in [-0.05, 0) is 17.6 Å². The Labute approximate surface area is 80.9 Å². The van der Waals surface area contributed by atoms with E-state index in [2.05, 4.69) is 12.6 Å². The van der Waals surface area contributed by atoms with E-state index in [4.69, 9.17) is 15.8 Å². The first kappa shape index (κ1) is 10.1. The Bertz CT molecular complexity index is 343. The maximum absolute atomic E-state index is 10.8. The van der Waals surface area contributed by atoms with Crippen LogP contribution >= 0.6 is 12.6 Å². The van der Waals surface area contributed by atoms with Crippen LogP contribution in [0.4, 0.5) is 0 Å². The molecule has 0 aliphatic carbocycles. The van der Waals surface area contributed by atoms with Crippen LogP contribution in [-0.2, 0) is 0 Å². The molecule has 0 fully saturated rings. The standard InChI is InChI=1S/C7H8BNO3S/c9-7(10)5-3-4(8(11)12)1-2-6(5)13/h1-3,11-13H,(H2,9,10). The minimum absolute atomic E-state index is 0.175. The van der Waals surface area contributed by atoms with Gasteiger partial charge in [-0.15, -0.1) is 12.6 Å². The molecule has 0 aromatic heterocycles. The average Bonchev–Trinajstić information content (AvgIpc) is 2.04. The van der Waals surface area contributed by atoms with Gasteiger partial charge < -0.3 is 15.8 Å². The second-order valence-electron chi connectivity index (χ2n) is 2.51. The van der Waals surface area contributed by atoms with Crippen LogP contribution in [0.5, 0.6) is 0 Å². The number of rotatable bonds is 2. The van der Waals surface area contributed by atoms with Crippen molar-refractivity contribution >= 4 is 31.1 Å². The Morgan fingerprint density at radius 1 is 1.46 bits per heavy atom. The van der Waals surface area contributed by atoms with Gasteiger partial charge in [0.15, 0.2) is 0 Å². The largest absolute Gasteiger partial charge is 0.488 e. The van der Waals surface area contributed by atoms with Crippen molar-refractivity contribution in [3.63, 3.8) is 0 Å². The molecule has 6 heteroatoms. The normalized spacial score (nSPS) is 9.77. The number of hydrogen-bond acceptors (Lipinski definition) is 4. The maximum atomic E-state index is 10.8. The van der Waals surface area contributed by atoms with Gasteiger partial charge in [-0.1, -0.05) is 6.07 Å². The zero-order valence-electron chi connectivity index (χ0n) is 6.64. The van der Waals surface area contributed by atoms with Crippen LogP contribution < -0.4 is 11.2 Å². The van der Waals surface area contributed by atoms with Gasteiger partial charge in [-0.2, -0.15) is 0 Å². The van der Waals surface area contributed by atoms with Crippen molar-refractivity contribution in [2.45, 2.75) is 4.90 Å². The lowest BCUT2D eigenvalue weighted by Crippen LogP contribution is -2.31. The van der Waals surface area contributed by atoms with Crippen LogP contribution in [0.2, 0.25) is 0 Å². The molecule has 0 radical (unpaired) electrons. The Kier molecular flexibility index (Phi) is 2.97. The number of nitrogens with two attached hydrogens (primary N) is 1. The molecule has 0 aliphatic rings. The Hall–Kier alpha value is -0.975. The van der Waals surface area contributed by atoms with Crippen molar-refractivity contribution < 1.29 is 14.8 Å². The summed E-state index contributed by atoms with van der Waals surface area (Å²) >= 11 is 3.99. The van der Waals surface area contributed by atoms with Crippen LogP contribution in [-0.4, -0.2) is 23.1 Å². The third kappa shape index (κ3) is 2.24. The molecule has 1 amide bonds. The van der Waals surface area contributed by atoms with E-state index >= 15 is 0 Å². The highest BCUT2D eigenvalue weighted by atomic mass is 32.1. The van der Waals surface area contributed by atoms with E-state index in [0.717, 1.165) is 0 Å². The Morgan fingerprint density at radius 2 is 2.08 bits per heavy atom. The highest BCUT2D eigenvalue weighted by Crippen LogP contribution is 2.10. The lowest BCUT2D eigenvalue weighted by atomic mass is 9.79. The molecular formula is C7H8BNO3S. The van der Waals surface area contributed by atoms with Crippen molar-refractivity contribution in [2.75, 3.05) is 0 Å². The van der Waals surface area contributed by atoms with Gasteiger partial charge in [0.25, 0.3) is 0 Å². The summed E-state index contributed by atoms with van der Waals surface area (Å²) in [7, 11) is -1.60. The minimum atomic E-state index is -1.60. The van der Waals surface area contributed by atoms with E-state index in [1.165, 1.54) is 18.2 Å². The molecule has 4 nitrogen and oxygen atoms in total. The predicted molar refractivity (Wildman–Crippen MR) is 52.0 cm³/mol. The van der Waals surface area contributed by atoms with Gasteiger partial charge in [0.2, 0.25) is 5.91 Å². The highest BCUT2D eigenvalue weighted by Gasteiger charge is 2.14. The van der Waals surface area contributed by atoms with E-state index in [1.54, 1.807) is 0 Å². The molecular weight excluding hydrogens is 189 g/mol. The quantitative estimate of drug-likeness (QED) is 0.353. The number of benzene rings is 1. The number of thiol groups is 1. The first-order valence-electron chi connectivity index (χ1n) is 3.51. The smallest absolute Gasteiger partial charge is 0.423 e. The van der Waals surface area contributed by atoms with Crippen molar-refractivity contribution in [3.8, 4) is 0 Å². The van der Waals surface area contributed by atoms with Crippen LogP contribution in [0.15, 0.2) is 23.1 Å². The van der Waals surface area contributed by atoms with E-state index in [-0.39, 0.29) is 11.0 Å². The lowest BCUT2D eigenvalue weighted by Gasteiger charge is -2.03. The van der Waals surface area contributed by atoms with Gasteiger partial charge >= 0.3 is 7.12 Å². The van der Waals surface area contributed by atoms with Crippen molar-refractivity contribution in [2.24, 2.45) is 5.73 Å². The fraction of sp³-hybridized carbons (Fsp3) is 0. The minimum Gasteiger partial charge on any atom is -0.423 e. The van der Waals surface area contributed by atoms with Gasteiger partial charge in [0, 0.05) is 4.90 Å². The molecule has 13 heavy (non-hydrogen) atoms. The van der Waals surface area contributed by atoms with Crippen LogP contribution in [0, 0.1) is 0 Å². The lowest BCUT2D eigenvalue weighted by molar-refractivity contribution is 0.0997. The maximum Gasteiger partial charge on any atom is 0.488 e. The van der Waals surface area contributed by atoms with Crippen molar-refractivity contribution in [3.05, 3.63) is 23.8 Å². The number of hydrogen-bond donors (Lipinski definition) is 4. The number of primary amides is 1. The molecule has 1 aromatic carbocycles. The SMILES string of the molecule is NC(=O)c1cc(B(O)O)ccc1S. The zero-order chi connectivity index (χ0) is 10.0. The fourth-order valence-electron chi connectivity index (χ4n) is 0.912. The molecule has 0 atom stereocenters. The van der Waals surface area contributed by atoms with Gasteiger partial charge in [-0.25, -0.2) is 0 Å². The number of carbonyl (C=O) groups excluding carboxylic acids is 1. The summed E-state index contributed by atoms with van der Waals surface area (Å²) in [5.41, 5.74) is 5.42. The van der Waals surface area contributed by atoms with Crippen molar-refractivity contribution in [1.82, 2.24) is 0 Å². The summed E-state index contributed by atoms with van der Waals surface area (Å²) in [5.74, 6) is -0.646. The van der Waals surface area contributed by atoms with E-state index < -0.39 is 13.0 Å². The summed E-state index contributed by atoms with van der Waals surface area (Å²) < 4.78 is 0. The third-order valence-corrected chi connectivity index (χ3v) is 1.97. The molecule has 0 bridgehead atoms. The average molecular weight is 197 g/mol. The molecule has 1 aromatic rings. The Balaban J connectivity index is 3.19. The molecule has 0 saturated heterocycles. The molecule has 0 aliphatic heterocycles. The van der Waals surface area contributed by atoms with E-state index in [1.807, 2.05) is 0 Å². The molecule has 0 spiro atoms. The van der Waals surface area contributed by atoms with Gasteiger partial charge in [0.1, 0.15) is 0 Å². The fourth-order valence-corrected chi connectivity index (χ4v) is 1.16.